The second-order valence-electron chi connectivity index (χ2n) is 5.19. The maximum atomic E-state index is 12.4. The molecule has 0 aromatic heterocycles. The largest absolute Gasteiger partial charge is 0.493 e. The Bertz CT molecular complexity index is 825. The molecule has 2 rings (SSSR count). The number of ether oxygens (including phenoxy) is 3. The van der Waals surface area contributed by atoms with Gasteiger partial charge in [0.05, 0.1) is 20.8 Å². The maximum absolute atomic E-state index is 12.4. The Labute approximate surface area is 160 Å². The average Bonchev–Trinajstić information content (AvgIpc) is 2.65. The lowest BCUT2D eigenvalue weighted by Gasteiger charge is -2.14. The summed E-state index contributed by atoms with van der Waals surface area (Å²) in [6.07, 6.45) is 2.98. The third kappa shape index (κ3) is 4.52. The Kier molecular flexibility index (Phi) is 6.97. The van der Waals surface area contributed by atoms with E-state index in [1.165, 1.54) is 20.3 Å². The van der Waals surface area contributed by atoms with Crippen molar-refractivity contribution >= 4 is 33.8 Å². The van der Waals surface area contributed by atoms with Gasteiger partial charge < -0.3 is 14.2 Å². The van der Waals surface area contributed by atoms with Gasteiger partial charge in [-0.05, 0) is 48.9 Å². The van der Waals surface area contributed by atoms with Crippen molar-refractivity contribution in [1.29, 1.82) is 0 Å². The van der Waals surface area contributed by atoms with Gasteiger partial charge in [-0.2, -0.15) is 0 Å². The molecule has 6 heteroatoms. The van der Waals surface area contributed by atoms with E-state index in [2.05, 4.69) is 15.9 Å². The number of carbonyl (C=O) groups is 2. The Morgan fingerprint density at radius 2 is 1.73 bits per heavy atom. The number of benzene rings is 2. The van der Waals surface area contributed by atoms with Crippen LogP contribution in [0.5, 0.6) is 11.5 Å². The van der Waals surface area contributed by atoms with E-state index >= 15 is 0 Å². The quantitative estimate of drug-likeness (QED) is 0.375. The predicted octanol–water partition coefficient (Wildman–Crippen LogP) is 4.54. The summed E-state index contributed by atoms with van der Waals surface area (Å²) in [5, 5.41) is 0. The molecule has 0 atom stereocenters. The standard InChI is InChI=1S/C20H19BrO5/c1-4-26-20(23)18-14(8-12-17(24-2)19(18)25-3)7-11-16(22)13-5-9-15(21)10-6-13/h5-12H,4H2,1-3H3. The number of methoxy groups -OCH3 is 2. The van der Waals surface area contributed by atoms with Gasteiger partial charge in [-0.1, -0.05) is 28.1 Å². The van der Waals surface area contributed by atoms with E-state index in [1.54, 1.807) is 49.4 Å². The van der Waals surface area contributed by atoms with E-state index in [-0.39, 0.29) is 23.7 Å². The average molecular weight is 419 g/mol. The van der Waals surface area contributed by atoms with Crippen LogP contribution in [0.3, 0.4) is 0 Å². The highest BCUT2D eigenvalue weighted by Crippen LogP contribution is 2.34. The van der Waals surface area contributed by atoms with E-state index in [0.717, 1.165) is 4.47 Å². The van der Waals surface area contributed by atoms with E-state index in [4.69, 9.17) is 14.2 Å². The van der Waals surface area contributed by atoms with Crippen LogP contribution in [0, 0.1) is 0 Å². The number of hydrogen-bond donors (Lipinski definition) is 0. The third-order valence-corrected chi connectivity index (χ3v) is 4.13. The number of halogens is 1. The van der Waals surface area contributed by atoms with Gasteiger partial charge in [0, 0.05) is 10.0 Å². The molecule has 0 aliphatic rings. The number of ketones is 1. The maximum Gasteiger partial charge on any atom is 0.342 e. The minimum absolute atomic E-state index is 0.179. The van der Waals surface area contributed by atoms with Gasteiger partial charge in [-0.25, -0.2) is 4.79 Å². The highest BCUT2D eigenvalue weighted by molar-refractivity contribution is 9.10. The first-order chi connectivity index (χ1) is 12.5. The Hall–Kier alpha value is -2.60. The van der Waals surface area contributed by atoms with E-state index in [9.17, 15) is 9.59 Å². The van der Waals surface area contributed by atoms with Gasteiger partial charge in [0.2, 0.25) is 0 Å². The van der Waals surface area contributed by atoms with E-state index in [0.29, 0.717) is 16.9 Å². The van der Waals surface area contributed by atoms with Crippen molar-refractivity contribution in [2.45, 2.75) is 6.92 Å². The lowest BCUT2D eigenvalue weighted by molar-refractivity contribution is 0.0521. The van der Waals surface area contributed by atoms with Crippen molar-refractivity contribution in [2.75, 3.05) is 20.8 Å². The van der Waals surface area contributed by atoms with Crippen molar-refractivity contribution < 1.29 is 23.8 Å². The van der Waals surface area contributed by atoms with Gasteiger partial charge in [0.25, 0.3) is 0 Å². The molecule has 0 bridgehead atoms. The van der Waals surface area contributed by atoms with Gasteiger partial charge in [0.1, 0.15) is 5.56 Å². The molecule has 0 aliphatic heterocycles. The van der Waals surface area contributed by atoms with E-state index < -0.39 is 5.97 Å². The normalized spacial score (nSPS) is 10.6. The lowest BCUT2D eigenvalue weighted by atomic mass is 10.0. The molecule has 0 radical (unpaired) electrons. The molecule has 0 unspecified atom stereocenters. The number of carbonyl (C=O) groups excluding carboxylic acids is 2. The molecule has 0 N–H and O–H groups in total. The fourth-order valence-corrected chi connectivity index (χ4v) is 2.64. The van der Waals surface area contributed by atoms with Crippen LogP contribution >= 0.6 is 15.9 Å². The summed E-state index contributed by atoms with van der Waals surface area (Å²) in [4.78, 5) is 24.7. The minimum atomic E-state index is -0.543. The minimum Gasteiger partial charge on any atom is -0.493 e. The van der Waals surface area contributed by atoms with Gasteiger partial charge >= 0.3 is 5.97 Å². The molecule has 0 spiro atoms. The van der Waals surface area contributed by atoms with Crippen LogP contribution in [0.25, 0.3) is 6.08 Å². The molecule has 0 amide bonds. The molecular formula is C20H19BrO5. The van der Waals surface area contributed by atoms with Gasteiger partial charge in [-0.15, -0.1) is 0 Å². The molecule has 136 valence electrons. The summed E-state index contributed by atoms with van der Waals surface area (Å²) in [6.45, 7) is 1.94. The number of esters is 1. The molecule has 0 heterocycles. The van der Waals surface area contributed by atoms with Crippen LogP contribution < -0.4 is 9.47 Å². The zero-order valence-electron chi connectivity index (χ0n) is 14.7. The number of allylic oxidation sites excluding steroid dienone is 1. The van der Waals surface area contributed by atoms with Gasteiger partial charge in [-0.3, -0.25) is 4.79 Å². The number of rotatable bonds is 7. The highest BCUT2D eigenvalue weighted by atomic mass is 79.9. The second-order valence-corrected chi connectivity index (χ2v) is 6.11. The van der Waals surface area contributed by atoms with Crippen LogP contribution in [0.2, 0.25) is 0 Å². The summed E-state index contributed by atoms with van der Waals surface area (Å²) in [7, 11) is 2.93. The van der Waals surface area contributed by atoms with Crippen LogP contribution in [0.4, 0.5) is 0 Å². The summed E-state index contributed by atoms with van der Waals surface area (Å²) in [6, 6.07) is 10.4. The first-order valence-corrected chi connectivity index (χ1v) is 8.71. The molecule has 5 nitrogen and oxygen atoms in total. The first-order valence-electron chi connectivity index (χ1n) is 7.91. The molecule has 2 aromatic rings. The van der Waals surface area contributed by atoms with Crippen LogP contribution in [0.1, 0.15) is 33.2 Å². The smallest absolute Gasteiger partial charge is 0.342 e. The fraction of sp³-hybridized carbons (Fsp3) is 0.200. The molecule has 26 heavy (non-hydrogen) atoms. The molecule has 0 aliphatic carbocycles. The Morgan fingerprint density at radius 1 is 1.04 bits per heavy atom. The second kappa shape index (κ2) is 9.20. The lowest BCUT2D eigenvalue weighted by Crippen LogP contribution is -2.10. The monoisotopic (exact) mass is 418 g/mol. The Balaban J connectivity index is 2.42. The van der Waals surface area contributed by atoms with Crippen molar-refractivity contribution in [3.05, 3.63) is 63.6 Å². The number of hydrogen-bond acceptors (Lipinski definition) is 5. The Morgan fingerprint density at radius 3 is 2.31 bits per heavy atom. The van der Waals surface area contributed by atoms with E-state index in [1.807, 2.05) is 0 Å². The van der Waals surface area contributed by atoms with Crippen molar-refractivity contribution in [2.24, 2.45) is 0 Å². The third-order valence-electron chi connectivity index (χ3n) is 3.60. The fourth-order valence-electron chi connectivity index (χ4n) is 2.37. The van der Waals surface area contributed by atoms with Crippen LogP contribution in [-0.2, 0) is 4.74 Å². The molecule has 0 saturated heterocycles. The zero-order chi connectivity index (χ0) is 19.1. The molecule has 0 fully saturated rings. The molecule has 2 aromatic carbocycles. The molecule has 0 saturated carbocycles. The van der Waals surface area contributed by atoms with Crippen molar-refractivity contribution in [3.8, 4) is 11.5 Å². The summed E-state index contributed by atoms with van der Waals surface area (Å²) < 4.78 is 16.6. The van der Waals surface area contributed by atoms with Crippen LogP contribution in [-0.4, -0.2) is 32.6 Å². The van der Waals surface area contributed by atoms with Crippen molar-refractivity contribution in [3.63, 3.8) is 0 Å². The predicted molar refractivity (Wildman–Crippen MR) is 103 cm³/mol. The SMILES string of the molecule is CCOC(=O)c1c(C=CC(=O)c2ccc(Br)cc2)ccc(OC)c1OC. The molecular weight excluding hydrogens is 400 g/mol. The highest BCUT2D eigenvalue weighted by Gasteiger charge is 2.21. The zero-order valence-corrected chi connectivity index (χ0v) is 16.3. The van der Waals surface area contributed by atoms with Gasteiger partial charge in [0.15, 0.2) is 17.3 Å². The van der Waals surface area contributed by atoms with Crippen LogP contribution in [0.15, 0.2) is 46.9 Å². The summed E-state index contributed by atoms with van der Waals surface area (Å²) >= 11 is 3.33. The topological polar surface area (TPSA) is 61.8 Å². The van der Waals surface area contributed by atoms with Crippen molar-refractivity contribution in [1.82, 2.24) is 0 Å². The summed E-state index contributed by atoms with van der Waals surface area (Å²) in [5.74, 6) is -0.0442. The summed E-state index contributed by atoms with van der Waals surface area (Å²) in [5.41, 5.74) is 1.27. The first kappa shape index (κ1) is 19.7.